The average molecular weight is 346 g/mol. The van der Waals surface area contributed by atoms with E-state index in [-0.39, 0.29) is 6.61 Å². The molecular formula is C19H30N4O2. The maximum atomic E-state index is 12.4. The van der Waals surface area contributed by atoms with Crippen LogP contribution in [0, 0.1) is 12.8 Å². The molecule has 3 heterocycles. The minimum atomic E-state index is 0.205. The number of anilines is 1. The summed E-state index contributed by atoms with van der Waals surface area (Å²) in [5, 5.41) is 9.00. The van der Waals surface area contributed by atoms with Crippen molar-refractivity contribution in [2.75, 3.05) is 31.1 Å². The van der Waals surface area contributed by atoms with Crippen molar-refractivity contribution in [2.45, 2.75) is 58.4 Å². The quantitative estimate of drug-likeness (QED) is 0.797. The molecule has 2 atom stereocenters. The van der Waals surface area contributed by atoms with Crippen LogP contribution in [0.2, 0.25) is 0 Å². The van der Waals surface area contributed by atoms with Crippen molar-refractivity contribution in [3.63, 3.8) is 0 Å². The summed E-state index contributed by atoms with van der Waals surface area (Å²) in [7, 11) is 0. The summed E-state index contributed by atoms with van der Waals surface area (Å²) < 4.78 is 0. The van der Waals surface area contributed by atoms with Crippen molar-refractivity contribution in [3.05, 3.63) is 17.6 Å². The molecule has 6 heteroatoms. The van der Waals surface area contributed by atoms with E-state index in [0.717, 1.165) is 69.1 Å². The van der Waals surface area contributed by atoms with Crippen LogP contribution in [0.5, 0.6) is 0 Å². The molecular weight excluding hydrogens is 316 g/mol. The Morgan fingerprint density at radius 1 is 1.28 bits per heavy atom. The lowest BCUT2D eigenvalue weighted by atomic mass is 9.83. The van der Waals surface area contributed by atoms with E-state index >= 15 is 0 Å². The summed E-state index contributed by atoms with van der Waals surface area (Å²) in [5.74, 6) is 2.67. The Morgan fingerprint density at radius 2 is 2.12 bits per heavy atom. The average Bonchev–Trinajstić information content (AvgIpc) is 2.62. The van der Waals surface area contributed by atoms with Crippen LogP contribution in [0.1, 0.15) is 50.5 Å². The van der Waals surface area contributed by atoms with Gasteiger partial charge in [-0.2, -0.15) is 0 Å². The van der Waals surface area contributed by atoms with Gasteiger partial charge in [0.05, 0.1) is 0 Å². The van der Waals surface area contributed by atoms with Crippen molar-refractivity contribution in [1.82, 2.24) is 14.9 Å². The van der Waals surface area contributed by atoms with Gasteiger partial charge in [0.2, 0.25) is 5.91 Å². The van der Waals surface area contributed by atoms with Gasteiger partial charge in [-0.25, -0.2) is 9.97 Å². The fourth-order valence-corrected chi connectivity index (χ4v) is 4.20. The van der Waals surface area contributed by atoms with E-state index in [2.05, 4.69) is 32.8 Å². The zero-order valence-corrected chi connectivity index (χ0v) is 15.4. The second-order valence-electron chi connectivity index (χ2n) is 7.24. The molecule has 6 nitrogen and oxygen atoms in total. The Morgan fingerprint density at radius 3 is 2.88 bits per heavy atom. The zero-order chi connectivity index (χ0) is 17.8. The second kappa shape index (κ2) is 8.13. The summed E-state index contributed by atoms with van der Waals surface area (Å²) in [6, 6.07) is 2.46. The number of aromatic nitrogens is 2. The van der Waals surface area contributed by atoms with Crippen molar-refractivity contribution < 1.29 is 9.90 Å². The van der Waals surface area contributed by atoms with Crippen LogP contribution in [-0.2, 0) is 11.2 Å². The highest BCUT2D eigenvalue weighted by Gasteiger charge is 2.39. The third kappa shape index (κ3) is 4.11. The number of carbonyl (C=O) groups excluding carboxylic acids is 1. The Labute approximate surface area is 150 Å². The van der Waals surface area contributed by atoms with E-state index in [1.807, 2.05) is 6.92 Å². The fraction of sp³-hybridized carbons (Fsp3) is 0.737. The molecule has 3 rings (SSSR count). The van der Waals surface area contributed by atoms with Crippen LogP contribution >= 0.6 is 0 Å². The summed E-state index contributed by atoms with van der Waals surface area (Å²) >= 11 is 0. The SMILES string of the molecule is CCc1cc(N2CC[C@@H]3[C@@H](CCC(=O)N3CCCCO)C2)nc(C)n1. The van der Waals surface area contributed by atoms with Crippen molar-refractivity contribution >= 4 is 11.7 Å². The first-order valence-electron chi connectivity index (χ1n) is 9.62. The predicted octanol–water partition coefficient (Wildman–Crippen LogP) is 1.94. The molecule has 0 spiro atoms. The summed E-state index contributed by atoms with van der Waals surface area (Å²) in [4.78, 5) is 25.9. The van der Waals surface area contributed by atoms with Crippen LogP contribution in [-0.4, -0.2) is 58.2 Å². The van der Waals surface area contributed by atoms with Gasteiger partial charge in [-0.15, -0.1) is 0 Å². The molecule has 138 valence electrons. The number of rotatable bonds is 6. The number of nitrogens with zero attached hydrogens (tertiary/aromatic N) is 4. The summed E-state index contributed by atoms with van der Waals surface area (Å²) in [6.45, 7) is 6.97. The Balaban J connectivity index is 1.69. The van der Waals surface area contributed by atoms with Gasteiger partial charge in [-0.1, -0.05) is 6.92 Å². The van der Waals surface area contributed by atoms with E-state index in [4.69, 9.17) is 5.11 Å². The van der Waals surface area contributed by atoms with Crippen molar-refractivity contribution in [3.8, 4) is 0 Å². The number of aliphatic hydroxyl groups excluding tert-OH is 1. The molecule has 2 saturated heterocycles. The second-order valence-corrected chi connectivity index (χ2v) is 7.24. The monoisotopic (exact) mass is 346 g/mol. The van der Waals surface area contributed by atoms with E-state index < -0.39 is 0 Å². The van der Waals surface area contributed by atoms with Gasteiger partial charge in [-0.3, -0.25) is 4.79 Å². The van der Waals surface area contributed by atoms with E-state index in [1.165, 1.54) is 0 Å². The molecule has 2 fully saturated rings. The highest BCUT2D eigenvalue weighted by Crippen LogP contribution is 2.33. The number of fused-ring (bicyclic) bond motifs is 1. The number of aliphatic hydroxyl groups is 1. The van der Waals surface area contributed by atoms with Gasteiger partial charge in [-0.05, 0) is 44.9 Å². The van der Waals surface area contributed by atoms with Crippen LogP contribution in [0.15, 0.2) is 6.07 Å². The number of amides is 1. The first-order valence-corrected chi connectivity index (χ1v) is 9.62. The lowest BCUT2D eigenvalue weighted by Gasteiger charge is -2.47. The molecule has 0 saturated carbocycles. The lowest BCUT2D eigenvalue weighted by molar-refractivity contribution is -0.139. The van der Waals surface area contributed by atoms with Crippen molar-refractivity contribution in [2.24, 2.45) is 5.92 Å². The molecule has 25 heavy (non-hydrogen) atoms. The predicted molar refractivity (Wildman–Crippen MR) is 97.5 cm³/mol. The molecule has 2 aliphatic rings. The molecule has 1 N–H and O–H groups in total. The highest BCUT2D eigenvalue weighted by atomic mass is 16.3. The maximum Gasteiger partial charge on any atom is 0.222 e. The number of carbonyl (C=O) groups is 1. The number of aryl methyl sites for hydroxylation is 2. The van der Waals surface area contributed by atoms with Crippen molar-refractivity contribution in [1.29, 1.82) is 0 Å². The minimum Gasteiger partial charge on any atom is -0.396 e. The van der Waals surface area contributed by atoms with Gasteiger partial charge in [0.15, 0.2) is 0 Å². The smallest absolute Gasteiger partial charge is 0.222 e. The van der Waals surface area contributed by atoms with Gasteiger partial charge >= 0.3 is 0 Å². The molecule has 0 unspecified atom stereocenters. The molecule has 1 aromatic rings. The molecule has 1 aromatic heterocycles. The van der Waals surface area contributed by atoms with Crippen LogP contribution < -0.4 is 4.90 Å². The molecule has 0 radical (unpaired) electrons. The molecule has 2 aliphatic heterocycles. The first-order chi connectivity index (χ1) is 12.1. The summed E-state index contributed by atoms with van der Waals surface area (Å²) in [5.41, 5.74) is 1.09. The lowest BCUT2D eigenvalue weighted by Crippen LogP contribution is -2.56. The van der Waals surface area contributed by atoms with E-state index in [9.17, 15) is 4.79 Å². The Bertz CT molecular complexity index is 607. The van der Waals surface area contributed by atoms with E-state index in [1.54, 1.807) is 0 Å². The van der Waals surface area contributed by atoms with Crippen LogP contribution in [0.3, 0.4) is 0 Å². The van der Waals surface area contributed by atoms with Gasteiger partial charge in [0, 0.05) is 50.5 Å². The van der Waals surface area contributed by atoms with Crippen LogP contribution in [0.25, 0.3) is 0 Å². The molecule has 0 aliphatic carbocycles. The normalized spacial score (nSPS) is 23.7. The first kappa shape index (κ1) is 18.1. The number of likely N-dealkylation sites (tertiary alicyclic amines) is 1. The van der Waals surface area contributed by atoms with Gasteiger partial charge in [0.25, 0.3) is 0 Å². The number of hydrogen-bond donors (Lipinski definition) is 1. The Hall–Kier alpha value is -1.69. The fourth-order valence-electron chi connectivity index (χ4n) is 4.20. The third-order valence-corrected chi connectivity index (χ3v) is 5.51. The maximum absolute atomic E-state index is 12.4. The minimum absolute atomic E-state index is 0.205. The Kier molecular flexibility index (Phi) is 5.89. The standard InChI is InChI=1S/C19H30N4O2/c1-3-16-12-18(21-14(2)20-16)22-10-8-17-15(13-22)6-7-19(25)23(17)9-4-5-11-24/h12,15,17,24H,3-11,13H2,1-2H3/t15-,17+/m0/s1. The largest absolute Gasteiger partial charge is 0.396 e. The van der Waals surface area contributed by atoms with Gasteiger partial charge < -0.3 is 14.9 Å². The van der Waals surface area contributed by atoms with E-state index in [0.29, 0.717) is 24.3 Å². The number of unbranched alkanes of at least 4 members (excludes halogenated alkanes) is 1. The third-order valence-electron chi connectivity index (χ3n) is 5.51. The highest BCUT2D eigenvalue weighted by molar-refractivity contribution is 5.77. The molecule has 0 bridgehead atoms. The number of piperidine rings is 2. The zero-order valence-electron chi connectivity index (χ0n) is 15.4. The molecule has 1 amide bonds. The topological polar surface area (TPSA) is 69.6 Å². The summed E-state index contributed by atoms with van der Waals surface area (Å²) in [6.07, 6.45) is 5.20. The van der Waals surface area contributed by atoms with Crippen LogP contribution in [0.4, 0.5) is 5.82 Å². The van der Waals surface area contributed by atoms with Gasteiger partial charge in [0.1, 0.15) is 11.6 Å². The number of hydrogen-bond acceptors (Lipinski definition) is 5. The molecule has 0 aromatic carbocycles.